The Balaban J connectivity index is 1.82. The van der Waals surface area contributed by atoms with E-state index in [9.17, 15) is 14.4 Å². The van der Waals surface area contributed by atoms with Crippen molar-refractivity contribution >= 4 is 64.5 Å². The molecule has 0 spiro atoms. The molecular formula is C22H26Cl2N4O4S2. The van der Waals surface area contributed by atoms with Gasteiger partial charge in [0.05, 0.1) is 18.3 Å². The smallest absolute Gasteiger partial charge is 0.328 e. The summed E-state index contributed by atoms with van der Waals surface area (Å²) >= 11 is 15.2. The first-order valence-corrected chi connectivity index (χ1v) is 13.5. The van der Waals surface area contributed by atoms with Gasteiger partial charge in [-0.15, -0.1) is 0 Å². The van der Waals surface area contributed by atoms with Crippen LogP contribution in [0, 0.1) is 0 Å². The van der Waals surface area contributed by atoms with Gasteiger partial charge in [-0.3, -0.25) is 9.59 Å². The van der Waals surface area contributed by atoms with Crippen LogP contribution < -0.4 is 10.6 Å². The number of carbonyl (C=O) groups excluding carboxylic acids is 3. The number of carbonyl (C=O) groups is 3. The highest BCUT2D eigenvalue weighted by Crippen LogP contribution is 2.25. The highest BCUT2D eigenvalue weighted by molar-refractivity contribution is 7.98. The molecule has 12 heteroatoms. The van der Waals surface area contributed by atoms with Crippen LogP contribution in [0.5, 0.6) is 0 Å². The van der Waals surface area contributed by atoms with Crippen LogP contribution in [0.4, 0.5) is 0 Å². The van der Waals surface area contributed by atoms with Gasteiger partial charge in [-0.2, -0.15) is 11.8 Å². The van der Waals surface area contributed by atoms with Crippen LogP contribution in [0.1, 0.15) is 35.3 Å². The van der Waals surface area contributed by atoms with Crippen LogP contribution in [0.15, 0.2) is 35.6 Å². The molecule has 0 saturated heterocycles. The molecule has 0 bridgehead atoms. The lowest BCUT2D eigenvalue weighted by atomic mass is 10.2. The Morgan fingerprint density at radius 3 is 2.65 bits per heavy atom. The van der Waals surface area contributed by atoms with E-state index in [0.29, 0.717) is 34.5 Å². The molecule has 34 heavy (non-hydrogen) atoms. The maximum Gasteiger partial charge on any atom is 0.328 e. The van der Waals surface area contributed by atoms with Crippen LogP contribution in [0.25, 0.3) is 0 Å². The second-order valence-corrected chi connectivity index (χ2v) is 9.76. The Morgan fingerprint density at radius 2 is 1.94 bits per heavy atom. The molecule has 184 valence electrons. The number of hydrogen-bond donors (Lipinski definition) is 2. The third-order valence-corrected chi connectivity index (χ3v) is 6.75. The van der Waals surface area contributed by atoms with Crippen molar-refractivity contribution in [3.8, 4) is 0 Å². The summed E-state index contributed by atoms with van der Waals surface area (Å²) in [4.78, 5) is 44.9. The number of aromatic nitrogens is 2. The molecule has 0 aliphatic heterocycles. The maximum atomic E-state index is 12.5. The average molecular weight is 546 g/mol. The number of nitrogens with one attached hydrogen (secondary N) is 2. The highest BCUT2D eigenvalue weighted by Gasteiger charge is 2.21. The van der Waals surface area contributed by atoms with E-state index in [0.717, 1.165) is 5.56 Å². The molecule has 2 rings (SSSR count). The van der Waals surface area contributed by atoms with Gasteiger partial charge in [0.25, 0.3) is 5.91 Å². The molecule has 8 nitrogen and oxygen atoms in total. The molecule has 0 aliphatic rings. The number of thioether (sulfide) groups is 2. The van der Waals surface area contributed by atoms with Crippen LogP contribution in [-0.4, -0.2) is 59.5 Å². The number of esters is 1. The number of nitrogens with zero attached hydrogens (tertiary/aromatic N) is 2. The van der Waals surface area contributed by atoms with Gasteiger partial charge in [0.15, 0.2) is 10.9 Å². The first-order chi connectivity index (χ1) is 16.3. The van der Waals surface area contributed by atoms with Crippen molar-refractivity contribution in [2.45, 2.75) is 36.2 Å². The van der Waals surface area contributed by atoms with Crippen molar-refractivity contribution in [3.63, 3.8) is 0 Å². The average Bonchev–Trinajstić information content (AvgIpc) is 2.84. The fourth-order valence-electron chi connectivity index (χ4n) is 2.77. The molecule has 1 atom stereocenters. The lowest BCUT2D eigenvalue weighted by Crippen LogP contribution is -2.42. The number of ether oxygens (including phenoxy) is 1. The van der Waals surface area contributed by atoms with Gasteiger partial charge in [-0.25, -0.2) is 14.8 Å². The van der Waals surface area contributed by atoms with Crippen LogP contribution in [-0.2, 0) is 20.1 Å². The number of rotatable bonds is 13. The minimum absolute atomic E-state index is 0.0607. The van der Waals surface area contributed by atoms with Gasteiger partial charge in [0, 0.05) is 23.7 Å². The van der Waals surface area contributed by atoms with Crippen LogP contribution in [0.3, 0.4) is 0 Å². The normalized spacial score (nSPS) is 11.5. The maximum absolute atomic E-state index is 12.5. The molecule has 1 aromatic carbocycles. The summed E-state index contributed by atoms with van der Waals surface area (Å²) in [5.74, 6) is 0.0383. The van der Waals surface area contributed by atoms with Crippen molar-refractivity contribution in [1.29, 1.82) is 0 Å². The zero-order valence-corrected chi connectivity index (χ0v) is 22.0. The second-order valence-electron chi connectivity index (χ2n) is 7.01. The fourth-order valence-corrected chi connectivity index (χ4v) is 4.51. The van der Waals surface area contributed by atoms with E-state index in [1.165, 1.54) is 25.1 Å². The molecule has 1 unspecified atom stereocenters. The van der Waals surface area contributed by atoms with E-state index in [2.05, 4.69) is 20.6 Å². The minimum atomic E-state index is -0.680. The van der Waals surface area contributed by atoms with Crippen LogP contribution >= 0.6 is 46.7 Å². The largest absolute Gasteiger partial charge is 0.467 e. The van der Waals surface area contributed by atoms with Gasteiger partial charge in [0.1, 0.15) is 6.04 Å². The van der Waals surface area contributed by atoms with Gasteiger partial charge in [-0.1, -0.05) is 53.2 Å². The summed E-state index contributed by atoms with van der Waals surface area (Å²) in [6.07, 6.45) is 4.31. The van der Waals surface area contributed by atoms with Gasteiger partial charge in [-0.05, 0) is 36.5 Å². The first kappa shape index (κ1) is 28.2. The van der Waals surface area contributed by atoms with Crippen LogP contribution in [0.2, 0.25) is 10.0 Å². The molecule has 0 fully saturated rings. The third-order valence-electron chi connectivity index (χ3n) is 4.55. The zero-order valence-electron chi connectivity index (χ0n) is 18.8. The van der Waals surface area contributed by atoms with Crippen molar-refractivity contribution in [2.75, 3.05) is 25.7 Å². The summed E-state index contributed by atoms with van der Waals surface area (Å²) in [6.45, 7) is 0.238. The van der Waals surface area contributed by atoms with E-state index in [1.54, 1.807) is 17.8 Å². The van der Waals surface area contributed by atoms with Gasteiger partial charge >= 0.3 is 5.97 Å². The lowest BCUT2D eigenvalue weighted by molar-refractivity contribution is -0.145. The Labute approximate surface area is 217 Å². The van der Waals surface area contributed by atoms with Gasteiger partial charge in [0.2, 0.25) is 5.91 Å². The number of amides is 2. The highest BCUT2D eigenvalue weighted by atomic mass is 35.5. The van der Waals surface area contributed by atoms with E-state index in [-0.39, 0.29) is 29.6 Å². The number of halogens is 2. The standard InChI is InChI=1S/C22H26Cl2N4O4S2/c1-32-21(31)17(9-11-33-2)27-18(29)8-5-10-25-20(30)19-16(24)12-26-22(28-19)34-13-14-6-3-4-7-15(14)23/h3-4,6-7,12,17H,5,8-11,13H2,1-2H3,(H,25,30)(H,27,29). The molecule has 2 aromatic rings. The minimum Gasteiger partial charge on any atom is -0.467 e. The quantitative estimate of drug-likeness (QED) is 0.168. The Bertz CT molecular complexity index is 997. The Kier molecular flexibility index (Phi) is 12.5. The SMILES string of the molecule is COC(=O)C(CCSC)NC(=O)CCCNC(=O)c1nc(SCc2ccccc2Cl)ncc1Cl. The topological polar surface area (TPSA) is 110 Å². The number of benzene rings is 1. The third kappa shape index (κ3) is 9.32. The van der Waals surface area contributed by atoms with E-state index in [4.69, 9.17) is 27.9 Å². The van der Waals surface area contributed by atoms with Gasteiger partial charge < -0.3 is 15.4 Å². The summed E-state index contributed by atoms with van der Waals surface area (Å²) in [6, 6.07) is 6.78. The van der Waals surface area contributed by atoms with Crippen molar-refractivity contribution < 1.29 is 19.1 Å². The molecule has 0 aliphatic carbocycles. The van der Waals surface area contributed by atoms with E-state index in [1.807, 2.05) is 24.5 Å². The molecule has 2 amide bonds. The number of methoxy groups -OCH3 is 1. The Hall–Kier alpha value is -2.01. The molecule has 1 heterocycles. The predicted octanol–water partition coefficient (Wildman–Crippen LogP) is 4.00. The summed E-state index contributed by atoms with van der Waals surface area (Å²) in [5, 5.41) is 6.56. The van der Waals surface area contributed by atoms with Crippen molar-refractivity contribution in [2.24, 2.45) is 0 Å². The summed E-state index contributed by atoms with van der Waals surface area (Å²) in [7, 11) is 1.29. The van der Waals surface area contributed by atoms with Crippen molar-refractivity contribution in [3.05, 3.63) is 51.8 Å². The molecule has 1 aromatic heterocycles. The first-order valence-electron chi connectivity index (χ1n) is 10.4. The molecular weight excluding hydrogens is 519 g/mol. The second kappa shape index (κ2) is 15.1. The monoisotopic (exact) mass is 544 g/mol. The fraction of sp³-hybridized carbons (Fsp3) is 0.409. The molecule has 0 radical (unpaired) electrons. The summed E-state index contributed by atoms with van der Waals surface area (Å²) < 4.78 is 4.73. The lowest BCUT2D eigenvalue weighted by Gasteiger charge is -2.16. The molecule has 0 saturated carbocycles. The van der Waals surface area contributed by atoms with E-state index >= 15 is 0 Å². The van der Waals surface area contributed by atoms with E-state index < -0.39 is 17.9 Å². The predicted molar refractivity (Wildman–Crippen MR) is 137 cm³/mol. The molecule has 2 N–H and O–H groups in total. The number of hydrogen-bond acceptors (Lipinski definition) is 8. The zero-order chi connectivity index (χ0) is 24.9. The Morgan fingerprint density at radius 1 is 1.18 bits per heavy atom. The summed E-state index contributed by atoms with van der Waals surface area (Å²) in [5.41, 5.74) is 0.991. The van der Waals surface area contributed by atoms with Crippen molar-refractivity contribution in [1.82, 2.24) is 20.6 Å².